The minimum absolute atomic E-state index is 0.00368. The highest BCUT2D eigenvalue weighted by atomic mass is 32.2. The molecule has 1 aliphatic carbocycles. The number of anilines is 1. The number of carbonyl (C=O) groups is 1. The van der Waals surface area contributed by atoms with Crippen LogP contribution in [-0.4, -0.2) is 60.3 Å². The van der Waals surface area contributed by atoms with Gasteiger partial charge in [-0.3, -0.25) is 4.79 Å². The Balaban J connectivity index is 1.44. The summed E-state index contributed by atoms with van der Waals surface area (Å²) in [6.45, 7) is 2.71. The highest BCUT2D eigenvalue weighted by Crippen LogP contribution is 2.37. The van der Waals surface area contributed by atoms with E-state index in [1.165, 1.54) is 17.7 Å². The standard InChI is InChI=1S/C24H32N4O2S2/c25-24(22-6-3-14-31-22)26-19-7-8-21-20(17-19)27(12-15-32-21)9-10-28(11-13-29)23(30)16-18-4-1-2-5-18/h3,6-8,14,17-18,29H,1-2,4-5,9-13,15-16H2,(H2,25,26). The van der Waals surface area contributed by atoms with Crippen molar-refractivity contribution < 1.29 is 9.90 Å². The maximum absolute atomic E-state index is 12.9. The lowest BCUT2D eigenvalue weighted by Crippen LogP contribution is -2.42. The Morgan fingerprint density at radius 1 is 1.25 bits per heavy atom. The summed E-state index contributed by atoms with van der Waals surface area (Å²) in [6.07, 6.45) is 5.41. The van der Waals surface area contributed by atoms with Crippen molar-refractivity contribution in [2.75, 3.05) is 43.4 Å². The Bertz CT molecular complexity index is 926. The molecule has 3 N–H and O–H groups in total. The summed E-state index contributed by atoms with van der Waals surface area (Å²) in [6, 6.07) is 10.2. The highest BCUT2D eigenvalue weighted by molar-refractivity contribution is 7.99. The van der Waals surface area contributed by atoms with Crippen LogP contribution in [-0.2, 0) is 4.79 Å². The zero-order valence-electron chi connectivity index (χ0n) is 18.4. The molecule has 1 fully saturated rings. The van der Waals surface area contributed by atoms with Crippen molar-refractivity contribution in [1.82, 2.24) is 4.90 Å². The van der Waals surface area contributed by atoms with Gasteiger partial charge in [-0.15, -0.1) is 23.1 Å². The number of thioether (sulfide) groups is 1. The second-order valence-corrected chi connectivity index (χ2v) is 10.5. The van der Waals surface area contributed by atoms with E-state index in [9.17, 15) is 9.90 Å². The predicted octanol–water partition coefficient (Wildman–Crippen LogP) is 4.10. The molecular formula is C24H32N4O2S2. The predicted molar refractivity (Wildman–Crippen MR) is 134 cm³/mol. The quantitative estimate of drug-likeness (QED) is 0.424. The molecular weight excluding hydrogens is 440 g/mol. The molecule has 2 heterocycles. The van der Waals surface area contributed by atoms with Crippen LogP contribution in [0, 0.1) is 5.92 Å². The minimum Gasteiger partial charge on any atom is -0.395 e. The van der Waals surface area contributed by atoms with E-state index in [4.69, 9.17) is 5.73 Å². The van der Waals surface area contributed by atoms with Gasteiger partial charge in [0.2, 0.25) is 5.91 Å². The van der Waals surface area contributed by atoms with Gasteiger partial charge in [0.1, 0.15) is 5.84 Å². The van der Waals surface area contributed by atoms with Crippen LogP contribution in [0.2, 0.25) is 0 Å². The second-order valence-electron chi connectivity index (χ2n) is 8.42. The van der Waals surface area contributed by atoms with Gasteiger partial charge in [-0.2, -0.15) is 0 Å². The van der Waals surface area contributed by atoms with E-state index in [-0.39, 0.29) is 12.5 Å². The zero-order chi connectivity index (χ0) is 22.3. The summed E-state index contributed by atoms with van der Waals surface area (Å²) in [4.78, 5) is 23.9. The molecule has 0 radical (unpaired) electrons. The fraction of sp³-hybridized carbons (Fsp3) is 0.500. The number of benzene rings is 1. The molecule has 172 valence electrons. The Labute approximate surface area is 198 Å². The van der Waals surface area contributed by atoms with Crippen LogP contribution in [0.4, 0.5) is 11.4 Å². The maximum atomic E-state index is 12.9. The van der Waals surface area contributed by atoms with Crippen molar-refractivity contribution >= 4 is 46.2 Å². The van der Waals surface area contributed by atoms with Gasteiger partial charge in [-0.25, -0.2) is 4.99 Å². The first-order valence-corrected chi connectivity index (χ1v) is 13.3. The van der Waals surface area contributed by atoms with E-state index in [0.717, 1.165) is 47.9 Å². The Kier molecular flexibility index (Phi) is 8.10. The van der Waals surface area contributed by atoms with Crippen LogP contribution in [0.25, 0.3) is 0 Å². The van der Waals surface area contributed by atoms with Gasteiger partial charge in [0, 0.05) is 43.2 Å². The normalized spacial score (nSPS) is 16.9. The molecule has 6 nitrogen and oxygen atoms in total. The highest BCUT2D eigenvalue weighted by Gasteiger charge is 2.24. The lowest BCUT2D eigenvalue weighted by Gasteiger charge is -2.33. The molecule has 0 bridgehead atoms. The number of aliphatic imine (C=N–C) groups is 1. The third kappa shape index (κ3) is 5.85. The number of thiophene rings is 1. The van der Waals surface area contributed by atoms with E-state index in [0.29, 0.717) is 31.3 Å². The largest absolute Gasteiger partial charge is 0.395 e. The number of fused-ring (bicyclic) bond motifs is 1. The molecule has 1 aromatic carbocycles. The van der Waals surface area contributed by atoms with Crippen LogP contribution in [0.1, 0.15) is 37.0 Å². The van der Waals surface area contributed by atoms with Crippen LogP contribution in [0.15, 0.2) is 45.6 Å². The number of aliphatic hydroxyl groups excluding tert-OH is 1. The second kappa shape index (κ2) is 11.2. The summed E-state index contributed by atoms with van der Waals surface area (Å²) >= 11 is 3.43. The van der Waals surface area contributed by atoms with Crippen molar-refractivity contribution in [1.29, 1.82) is 0 Å². The number of rotatable bonds is 9. The fourth-order valence-corrected chi connectivity index (χ4v) is 6.15. The van der Waals surface area contributed by atoms with Crippen LogP contribution >= 0.6 is 23.1 Å². The molecule has 1 amide bonds. The smallest absolute Gasteiger partial charge is 0.222 e. The topological polar surface area (TPSA) is 82.2 Å². The van der Waals surface area contributed by atoms with Gasteiger partial charge in [0.25, 0.3) is 0 Å². The van der Waals surface area contributed by atoms with Crippen molar-refractivity contribution in [2.45, 2.75) is 37.0 Å². The number of nitrogens with zero attached hydrogens (tertiary/aromatic N) is 3. The molecule has 1 aliphatic heterocycles. The lowest BCUT2D eigenvalue weighted by molar-refractivity contribution is -0.132. The van der Waals surface area contributed by atoms with Crippen LogP contribution < -0.4 is 10.6 Å². The molecule has 0 atom stereocenters. The van der Waals surface area contributed by atoms with Crippen molar-refractivity contribution in [3.63, 3.8) is 0 Å². The van der Waals surface area contributed by atoms with E-state index in [1.807, 2.05) is 40.2 Å². The number of aliphatic hydroxyl groups is 1. The maximum Gasteiger partial charge on any atom is 0.222 e. The molecule has 0 spiro atoms. The lowest BCUT2D eigenvalue weighted by atomic mass is 10.0. The first-order valence-electron chi connectivity index (χ1n) is 11.4. The Morgan fingerprint density at radius 2 is 2.09 bits per heavy atom. The van der Waals surface area contributed by atoms with Gasteiger partial charge < -0.3 is 20.6 Å². The van der Waals surface area contributed by atoms with Crippen molar-refractivity contribution in [2.24, 2.45) is 16.6 Å². The number of hydrogen-bond donors (Lipinski definition) is 2. The Morgan fingerprint density at radius 3 is 2.84 bits per heavy atom. The summed E-state index contributed by atoms with van der Waals surface area (Å²) in [5.74, 6) is 2.24. The average molecular weight is 473 g/mol. The third-order valence-corrected chi connectivity index (χ3v) is 8.16. The van der Waals surface area contributed by atoms with E-state index in [1.54, 1.807) is 11.3 Å². The summed E-state index contributed by atoms with van der Waals surface area (Å²) in [7, 11) is 0. The average Bonchev–Trinajstić information content (AvgIpc) is 3.51. The number of hydrogen-bond acceptors (Lipinski definition) is 6. The molecule has 4 rings (SSSR count). The van der Waals surface area contributed by atoms with Gasteiger partial charge in [-0.1, -0.05) is 18.9 Å². The SMILES string of the molecule is NC(=Nc1ccc2c(c1)N(CCN(CCO)C(=O)CC1CCCC1)CCS2)c1cccs1. The molecule has 0 saturated heterocycles. The summed E-state index contributed by atoms with van der Waals surface area (Å²) < 4.78 is 0. The van der Waals surface area contributed by atoms with Crippen LogP contribution in [0.5, 0.6) is 0 Å². The number of nitrogens with two attached hydrogens (primary N) is 1. The zero-order valence-corrected chi connectivity index (χ0v) is 20.0. The third-order valence-electron chi connectivity index (χ3n) is 6.23. The molecule has 32 heavy (non-hydrogen) atoms. The van der Waals surface area contributed by atoms with E-state index >= 15 is 0 Å². The van der Waals surface area contributed by atoms with Gasteiger partial charge >= 0.3 is 0 Å². The Hall–Kier alpha value is -2.03. The van der Waals surface area contributed by atoms with E-state index in [2.05, 4.69) is 22.0 Å². The molecule has 8 heteroatoms. The van der Waals surface area contributed by atoms with Crippen LogP contribution in [0.3, 0.4) is 0 Å². The molecule has 2 aliphatic rings. The van der Waals surface area contributed by atoms with E-state index < -0.39 is 0 Å². The monoisotopic (exact) mass is 472 g/mol. The number of carbonyl (C=O) groups excluding carboxylic acids is 1. The van der Waals surface area contributed by atoms with Gasteiger partial charge in [-0.05, 0) is 48.4 Å². The summed E-state index contributed by atoms with van der Waals surface area (Å²) in [5, 5.41) is 11.5. The van der Waals surface area contributed by atoms with Crippen molar-refractivity contribution in [3.05, 3.63) is 40.6 Å². The molecule has 1 aromatic heterocycles. The van der Waals surface area contributed by atoms with Gasteiger partial charge in [0.05, 0.1) is 22.9 Å². The summed E-state index contributed by atoms with van der Waals surface area (Å²) in [5.41, 5.74) is 8.17. The molecule has 1 saturated carbocycles. The number of amidine groups is 1. The molecule has 2 aromatic rings. The first kappa shape index (κ1) is 23.1. The van der Waals surface area contributed by atoms with Crippen molar-refractivity contribution in [3.8, 4) is 0 Å². The molecule has 0 unspecified atom stereocenters. The first-order chi connectivity index (χ1) is 15.6. The number of amides is 1. The minimum atomic E-state index is 0.00368. The van der Waals surface area contributed by atoms with Gasteiger partial charge in [0.15, 0.2) is 0 Å². The fourth-order valence-electron chi connectivity index (χ4n) is 4.50.